The summed E-state index contributed by atoms with van der Waals surface area (Å²) in [6.07, 6.45) is 0.501. The van der Waals surface area contributed by atoms with Crippen LogP contribution in [0.2, 0.25) is 0 Å². The first kappa shape index (κ1) is 18.2. The summed E-state index contributed by atoms with van der Waals surface area (Å²) in [6, 6.07) is 13.1. The van der Waals surface area contributed by atoms with Crippen molar-refractivity contribution in [2.75, 3.05) is 37.6 Å². The van der Waals surface area contributed by atoms with Crippen molar-refractivity contribution in [1.82, 2.24) is 10.2 Å². The number of rotatable bonds is 4. The molecule has 0 aliphatic carbocycles. The molecule has 3 rings (SSSR count). The molecular weight excluding hydrogens is 329 g/mol. The van der Waals surface area contributed by atoms with E-state index in [0.29, 0.717) is 31.6 Å². The highest BCUT2D eigenvalue weighted by molar-refractivity contribution is 5.74. The summed E-state index contributed by atoms with van der Waals surface area (Å²) in [4.78, 5) is 16.5. The number of urea groups is 1. The van der Waals surface area contributed by atoms with Crippen LogP contribution >= 0.6 is 0 Å². The largest absolute Gasteiger partial charge is 0.368 e. The molecular formula is C21H26FN3O. The highest BCUT2D eigenvalue weighted by atomic mass is 19.1. The van der Waals surface area contributed by atoms with Crippen LogP contribution in [0, 0.1) is 19.7 Å². The SMILES string of the molecule is Cc1ccc(N2CCN(C(=O)NCCc3ccccc3F)CC2)cc1C. The van der Waals surface area contributed by atoms with Gasteiger partial charge in [0.1, 0.15) is 5.82 Å². The normalized spacial score (nSPS) is 14.4. The van der Waals surface area contributed by atoms with E-state index in [9.17, 15) is 9.18 Å². The van der Waals surface area contributed by atoms with Gasteiger partial charge in [-0.1, -0.05) is 24.3 Å². The molecule has 0 spiro atoms. The second kappa shape index (κ2) is 8.21. The number of aryl methyl sites for hydroxylation is 2. The fraction of sp³-hybridized carbons (Fsp3) is 0.381. The van der Waals surface area contributed by atoms with E-state index in [2.05, 4.69) is 42.3 Å². The average molecular weight is 355 g/mol. The first-order valence-corrected chi connectivity index (χ1v) is 9.13. The molecule has 4 nitrogen and oxygen atoms in total. The molecule has 0 bridgehead atoms. The zero-order valence-electron chi connectivity index (χ0n) is 15.5. The molecule has 0 aromatic heterocycles. The third kappa shape index (κ3) is 4.34. The first-order valence-electron chi connectivity index (χ1n) is 9.13. The number of nitrogens with zero attached hydrogens (tertiary/aromatic N) is 2. The molecule has 0 atom stereocenters. The zero-order valence-corrected chi connectivity index (χ0v) is 15.5. The van der Waals surface area contributed by atoms with Crippen molar-refractivity contribution in [1.29, 1.82) is 0 Å². The van der Waals surface area contributed by atoms with E-state index in [4.69, 9.17) is 0 Å². The number of halogens is 1. The van der Waals surface area contributed by atoms with Gasteiger partial charge in [0.2, 0.25) is 0 Å². The van der Waals surface area contributed by atoms with Crippen molar-refractivity contribution >= 4 is 11.7 Å². The third-order valence-corrected chi connectivity index (χ3v) is 5.05. The monoisotopic (exact) mass is 355 g/mol. The number of carbonyl (C=O) groups excluding carboxylic acids is 1. The lowest BCUT2D eigenvalue weighted by Gasteiger charge is -2.36. The molecule has 2 aromatic rings. The minimum absolute atomic E-state index is 0.0684. The molecule has 1 N–H and O–H groups in total. The van der Waals surface area contributed by atoms with E-state index in [1.807, 2.05) is 11.0 Å². The van der Waals surface area contributed by atoms with Crippen LogP contribution in [0.1, 0.15) is 16.7 Å². The summed E-state index contributed by atoms with van der Waals surface area (Å²) in [5.74, 6) is -0.219. The minimum atomic E-state index is -0.219. The fourth-order valence-corrected chi connectivity index (χ4v) is 3.21. The number of hydrogen-bond acceptors (Lipinski definition) is 2. The van der Waals surface area contributed by atoms with Gasteiger partial charge in [0.25, 0.3) is 0 Å². The number of amides is 2. The zero-order chi connectivity index (χ0) is 18.5. The van der Waals surface area contributed by atoms with Crippen molar-refractivity contribution in [2.45, 2.75) is 20.3 Å². The summed E-state index contributed by atoms with van der Waals surface area (Å²) in [6.45, 7) is 7.71. The summed E-state index contributed by atoms with van der Waals surface area (Å²) in [5.41, 5.74) is 4.43. The van der Waals surface area contributed by atoms with Crippen LogP contribution in [0.25, 0.3) is 0 Å². The Morgan fingerprint density at radius 3 is 2.46 bits per heavy atom. The molecule has 1 saturated heterocycles. The van der Waals surface area contributed by atoms with Crippen LogP contribution < -0.4 is 10.2 Å². The van der Waals surface area contributed by atoms with E-state index in [0.717, 1.165) is 13.1 Å². The molecule has 5 heteroatoms. The molecule has 1 aliphatic rings. The maximum Gasteiger partial charge on any atom is 0.317 e. The van der Waals surface area contributed by atoms with Crippen LogP contribution in [0.5, 0.6) is 0 Å². The number of benzene rings is 2. The van der Waals surface area contributed by atoms with E-state index in [-0.39, 0.29) is 11.8 Å². The fourth-order valence-electron chi connectivity index (χ4n) is 3.21. The highest BCUT2D eigenvalue weighted by Crippen LogP contribution is 2.20. The standard InChI is InChI=1S/C21H26FN3O/c1-16-7-8-19(15-17(16)2)24-11-13-25(14-12-24)21(26)23-10-9-18-5-3-4-6-20(18)22/h3-8,15H,9-14H2,1-2H3,(H,23,26). The van der Waals surface area contributed by atoms with Gasteiger partial charge < -0.3 is 15.1 Å². The Hall–Kier alpha value is -2.56. The first-order chi connectivity index (χ1) is 12.5. The lowest BCUT2D eigenvalue weighted by molar-refractivity contribution is 0.194. The van der Waals surface area contributed by atoms with Gasteiger partial charge in [0.15, 0.2) is 0 Å². The van der Waals surface area contributed by atoms with Crippen LogP contribution in [-0.4, -0.2) is 43.7 Å². The quantitative estimate of drug-likeness (QED) is 0.911. The van der Waals surface area contributed by atoms with E-state index < -0.39 is 0 Å². The maximum atomic E-state index is 13.6. The number of carbonyl (C=O) groups is 1. The molecule has 0 unspecified atom stereocenters. The molecule has 26 heavy (non-hydrogen) atoms. The summed E-state index contributed by atoms with van der Waals surface area (Å²) < 4.78 is 13.6. The van der Waals surface area contributed by atoms with Crippen LogP contribution in [-0.2, 0) is 6.42 Å². The van der Waals surface area contributed by atoms with Gasteiger partial charge in [0, 0.05) is 38.4 Å². The Balaban J connectivity index is 1.46. The second-order valence-corrected chi connectivity index (χ2v) is 6.82. The molecule has 0 radical (unpaired) electrons. The number of nitrogens with one attached hydrogen (secondary N) is 1. The third-order valence-electron chi connectivity index (χ3n) is 5.05. The Kier molecular flexibility index (Phi) is 5.76. The Labute approximate surface area is 154 Å². The topological polar surface area (TPSA) is 35.6 Å². The highest BCUT2D eigenvalue weighted by Gasteiger charge is 2.21. The van der Waals surface area contributed by atoms with Crippen molar-refractivity contribution in [3.63, 3.8) is 0 Å². The number of hydrogen-bond donors (Lipinski definition) is 1. The van der Waals surface area contributed by atoms with E-state index in [1.54, 1.807) is 12.1 Å². The summed E-state index contributed by atoms with van der Waals surface area (Å²) in [7, 11) is 0. The molecule has 2 aromatic carbocycles. The van der Waals surface area contributed by atoms with Crippen LogP contribution in [0.15, 0.2) is 42.5 Å². The smallest absolute Gasteiger partial charge is 0.317 e. The van der Waals surface area contributed by atoms with Gasteiger partial charge >= 0.3 is 6.03 Å². The van der Waals surface area contributed by atoms with Gasteiger partial charge in [-0.3, -0.25) is 0 Å². The van der Waals surface area contributed by atoms with Crippen molar-refractivity contribution in [3.8, 4) is 0 Å². The maximum absolute atomic E-state index is 13.6. The summed E-state index contributed by atoms with van der Waals surface area (Å²) >= 11 is 0. The Morgan fingerprint density at radius 2 is 1.77 bits per heavy atom. The molecule has 0 saturated carbocycles. The summed E-state index contributed by atoms with van der Waals surface area (Å²) in [5, 5.41) is 2.90. The number of piperazine rings is 1. The second-order valence-electron chi connectivity index (χ2n) is 6.82. The van der Waals surface area contributed by atoms with E-state index in [1.165, 1.54) is 22.9 Å². The minimum Gasteiger partial charge on any atom is -0.368 e. The van der Waals surface area contributed by atoms with Gasteiger partial charge in [-0.05, 0) is 55.2 Å². The molecule has 1 heterocycles. The van der Waals surface area contributed by atoms with Gasteiger partial charge in [-0.2, -0.15) is 0 Å². The Bertz CT molecular complexity index is 770. The van der Waals surface area contributed by atoms with Crippen molar-refractivity contribution < 1.29 is 9.18 Å². The van der Waals surface area contributed by atoms with Crippen molar-refractivity contribution in [2.24, 2.45) is 0 Å². The molecule has 1 aliphatic heterocycles. The molecule has 138 valence electrons. The van der Waals surface area contributed by atoms with Crippen molar-refractivity contribution in [3.05, 3.63) is 65.0 Å². The number of anilines is 1. The predicted octanol–water partition coefficient (Wildman–Crippen LogP) is 3.52. The molecule has 1 fully saturated rings. The molecule has 2 amide bonds. The van der Waals surface area contributed by atoms with Crippen LogP contribution in [0.4, 0.5) is 14.9 Å². The average Bonchev–Trinajstić information content (AvgIpc) is 2.65. The van der Waals surface area contributed by atoms with Gasteiger partial charge in [0.05, 0.1) is 0 Å². The van der Waals surface area contributed by atoms with E-state index >= 15 is 0 Å². The Morgan fingerprint density at radius 1 is 1.04 bits per heavy atom. The lowest BCUT2D eigenvalue weighted by atomic mass is 10.1. The van der Waals surface area contributed by atoms with Gasteiger partial charge in [-0.25, -0.2) is 9.18 Å². The lowest BCUT2D eigenvalue weighted by Crippen LogP contribution is -2.52. The van der Waals surface area contributed by atoms with Crippen LogP contribution in [0.3, 0.4) is 0 Å². The van der Waals surface area contributed by atoms with Gasteiger partial charge in [-0.15, -0.1) is 0 Å². The predicted molar refractivity (Wildman–Crippen MR) is 103 cm³/mol.